The molecule has 0 bridgehead atoms. The number of rotatable bonds is 5. The fourth-order valence-electron chi connectivity index (χ4n) is 1.15. The normalized spacial score (nSPS) is 11.6. The summed E-state index contributed by atoms with van der Waals surface area (Å²) in [5.74, 6) is 0. The van der Waals surface area contributed by atoms with Crippen LogP contribution >= 0.6 is 0 Å². The molecule has 0 heterocycles. The summed E-state index contributed by atoms with van der Waals surface area (Å²) in [7, 11) is -2.71. The van der Waals surface area contributed by atoms with Gasteiger partial charge in [-0.1, -0.05) is 0 Å². The molecule has 84 valence electrons. The Hall–Kier alpha value is -0.336. The summed E-state index contributed by atoms with van der Waals surface area (Å²) in [5, 5.41) is 2.73. The van der Waals surface area contributed by atoms with Crippen LogP contribution in [0.25, 0.3) is 0 Å². The van der Waals surface area contributed by atoms with E-state index >= 15 is 0 Å². The van der Waals surface area contributed by atoms with Crippen molar-refractivity contribution in [2.24, 2.45) is 0 Å². The second-order valence-corrected chi connectivity index (χ2v) is 10.9. The fraction of sp³-hybridized carbons (Fsp3) is 0.875. The van der Waals surface area contributed by atoms with Gasteiger partial charge in [-0.3, -0.25) is 0 Å². The zero-order valence-electron chi connectivity index (χ0n) is 9.72. The summed E-state index contributed by atoms with van der Waals surface area (Å²) in [4.78, 5) is 11.0. The maximum atomic E-state index is 11.0. The van der Waals surface area contributed by atoms with E-state index in [4.69, 9.17) is 8.85 Å². The molecule has 6 heteroatoms. The van der Waals surface area contributed by atoms with Gasteiger partial charge in [0.05, 0.1) is 6.61 Å². The van der Waals surface area contributed by atoms with Gasteiger partial charge >= 0.3 is 6.09 Å². The van der Waals surface area contributed by atoms with Gasteiger partial charge in [0, 0.05) is 6.17 Å². The lowest BCUT2D eigenvalue weighted by Crippen LogP contribution is -2.47. The summed E-state index contributed by atoms with van der Waals surface area (Å²) < 4.78 is 10.6. The largest absolute Gasteiger partial charge is 0.457 e. The molecule has 0 rings (SSSR count). The van der Waals surface area contributed by atoms with E-state index < -0.39 is 17.4 Å². The van der Waals surface area contributed by atoms with Gasteiger partial charge in [0.2, 0.25) is 0 Å². The molecule has 1 amide bonds. The van der Waals surface area contributed by atoms with Crippen LogP contribution in [-0.4, -0.2) is 36.2 Å². The molecule has 0 atom stereocenters. The lowest BCUT2D eigenvalue weighted by atomic mass is 10.9. The minimum Gasteiger partial charge on any atom is -0.457 e. The summed E-state index contributed by atoms with van der Waals surface area (Å²) in [6.07, 6.45) is 0.277. The maximum absolute atomic E-state index is 11.0. The van der Waals surface area contributed by atoms with E-state index in [1.165, 1.54) is 0 Å². The average molecular weight is 235 g/mol. The van der Waals surface area contributed by atoms with Crippen molar-refractivity contribution >= 4 is 23.5 Å². The third-order valence-electron chi connectivity index (χ3n) is 1.49. The first-order valence-electron chi connectivity index (χ1n) is 4.96. The number of carbonyl (C=O) groups is 1. The van der Waals surface area contributed by atoms with Crippen molar-refractivity contribution in [1.82, 2.24) is 5.32 Å². The smallest absolute Gasteiger partial charge is 0.406 e. The van der Waals surface area contributed by atoms with E-state index in [1.54, 1.807) is 6.92 Å². The summed E-state index contributed by atoms with van der Waals surface area (Å²) in [6.45, 7) is 10.7. The molecule has 0 aliphatic rings. The molecule has 0 unspecified atom stereocenters. The lowest BCUT2D eigenvalue weighted by Gasteiger charge is -2.25. The molecule has 0 fully saturated rings. The first kappa shape index (κ1) is 13.7. The van der Waals surface area contributed by atoms with Crippen LogP contribution in [0.15, 0.2) is 0 Å². The number of nitrogens with one attached hydrogen (secondary N) is 1. The Balaban J connectivity index is 3.80. The van der Waals surface area contributed by atoms with Crippen molar-refractivity contribution in [3.8, 4) is 0 Å². The molecule has 0 aliphatic heterocycles. The van der Waals surface area contributed by atoms with Crippen LogP contribution in [0.5, 0.6) is 0 Å². The van der Waals surface area contributed by atoms with Crippen molar-refractivity contribution in [2.75, 3.05) is 12.8 Å². The Bertz CT molecular complexity index is 185. The maximum Gasteiger partial charge on any atom is 0.406 e. The highest BCUT2D eigenvalue weighted by atomic mass is 28.4. The van der Waals surface area contributed by atoms with Crippen molar-refractivity contribution in [1.29, 1.82) is 0 Å². The Morgan fingerprint density at radius 3 is 2.43 bits per heavy atom. The third kappa shape index (κ3) is 7.10. The van der Waals surface area contributed by atoms with Gasteiger partial charge in [0.25, 0.3) is 0 Å². The van der Waals surface area contributed by atoms with Crippen molar-refractivity contribution in [2.45, 2.75) is 33.1 Å². The highest BCUT2D eigenvalue weighted by Crippen LogP contribution is 2.04. The van der Waals surface area contributed by atoms with Crippen molar-refractivity contribution in [3.63, 3.8) is 0 Å². The molecule has 0 aromatic heterocycles. The van der Waals surface area contributed by atoms with E-state index in [0.29, 0.717) is 12.8 Å². The van der Waals surface area contributed by atoms with Crippen LogP contribution in [0.2, 0.25) is 26.2 Å². The molecule has 1 N–H and O–H groups in total. The number of hydrogen-bond donors (Lipinski definition) is 1. The number of hydrogen-bond acceptors (Lipinski definition) is 3. The van der Waals surface area contributed by atoms with Gasteiger partial charge in [-0.25, -0.2) is 4.79 Å². The Kier molecular flexibility index (Phi) is 6.06. The van der Waals surface area contributed by atoms with Crippen molar-refractivity contribution in [3.05, 3.63) is 0 Å². The van der Waals surface area contributed by atoms with Crippen molar-refractivity contribution < 1.29 is 13.6 Å². The third-order valence-corrected chi connectivity index (χ3v) is 6.95. The standard InChI is InChI=1S/C8H21NO3Si2/c1-6-11-8(10)9-7-14(4,5)12-13(2)3/h13H,6-7H2,1-5H3,(H,9,10). The second-order valence-electron chi connectivity index (χ2n) is 4.00. The molecular formula is C8H21NO3Si2. The molecule has 4 nitrogen and oxygen atoms in total. The van der Waals surface area contributed by atoms with Crippen LogP contribution in [0.4, 0.5) is 4.79 Å². The van der Waals surface area contributed by atoms with Gasteiger partial charge in [-0.15, -0.1) is 0 Å². The number of carbonyl (C=O) groups excluding carboxylic acids is 1. The highest BCUT2D eigenvalue weighted by Gasteiger charge is 2.24. The van der Waals surface area contributed by atoms with E-state index in [-0.39, 0.29) is 6.09 Å². The second kappa shape index (κ2) is 6.20. The molecule has 0 aliphatic carbocycles. The molecule has 0 spiro atoms. The van der Waals surface area contributed by atoms with Crippen LogP contribution in [0.1, 0.15) is 6.92 Å². The molecule has 14 heavy (non-hydrogen) atoms. The molecule has 0 saturated carbocycles. The Labute approximate surface area is 88.8 Å². The van der Waals surface area contributed by atoms with Gasteiger partial charge < -0.3 is 14.2 Å². The molecule has 0 aromatic rings. The van der Waals surface area contributed by atoms with Gasteiger partial charge in [-0.05, 0) is 33.1 Å². The molecule has 0 aromatic carbocycles. The summed E-state index contributed by atoms with van der Waals surface area (Å²) in [6, 6.07) is 0. The summed E-state index contributed by atoms with van der Waals surface area (Å²) >= 11 is 0. The highest BCUT2D eigenvalue weighted by molar-refractivity contribution is 6.78. The molecular weight excluding hydrogens is 214 g/mol. The monoisotopic (exact) mass is 235 g/mol. The summed E-state index contributed by atoms with van der Waals surface area (Å²) in [5.41, 5.74) is 0. The first-order valence-corrected chi connectivity index (χ1v) is 10.9. The zero-order valence-corrected chi connectivity index (χ0v) is 11.9. The van der Waals surface area contributed by atoms with E-state index in [2.05, 4.69) is 31.5 Å². The topological polar surface area (TPSA) is 47.6 Å². The Morgan fingerprint density at radius 1 is 1.43 bits per heavy atom. The molecule has 0 saturated heterocycles. The van der Waals surface area contributed by atoms with E-state index in [0.717, 1.165) is 0 Å². The number of amides is 1. The first-order chi connectivity index (χ1) is 6.37. The lowest BCUT2D eigenvalue weighted by molar-refractivity contribution is 0.153. The predicted molar refractivity (Wildman–Crippen MR) is 62.5 cm³/mol. The zero-order chi connectivity index (χ0) is 11.2. The fourth-order valence-corrected chi connectivity index (χ4v) is 7.15. The van der Waals surface area contributed by atoms with E-state index in [9.17, 15) is 4.79 Å². The quantitative estimate of drug-likeness (QED) is 0.734. The van der Waals surface area contributed by atoms with Gasteiger partial charge in [-0.2, -0.15) is 0 Å². The van der Waals surface area contributed by atoms with E-state index in [1.807, 2.05) is 0 Å². The van der Waals surface area contributed by atoms with Crippen LogP contribution in [0, 0.1) is 0 Å². The minimum atomic E-state index is -1.71. The van der Waals surface area contributed by atoms with Crippen LogP contribution in [0.3, 0.4) is 0 Å². The predicted octanol–water partition coefficient (Wildman–Crippen LogP) is 1.48. The van der Waals surface area contributed by atoms with Crippen LogP contribution < -0.4 is 5.32 Å². The SMILES string of the molecule is CCOC(=O)NC[Si](C)(C)O[SiH](C)C. The Morgan fingerprint density at radius 2 is 2.00 bits per heavy atom. The van der Waals surface area contributed by atoms with Gasteiger partial charge in [0.1, 0.15) is 0 Å². The number of ether oxygens (including phenoxy) is 1. The van der Waals surface area contributed by atoms with Crippen LogP contribution in [-0.2, 0) is 8.85 Å². The molecule has 0 radical (unpaired) electrons. The number of alkyl carbamates (subject to hydrolysis) is 1. The van der Waals surface area contributed by atoms with Gasteiger partial charge in [0.15, 0.2) is 17.4 Å². The average Bonchev–Trinajstić information content (AvgIpc) is 1.99. The minimum absolute atomic E-state index is 0.345.